The highest BCUT2D eigenvalue weighted by atomic mass is 32.1. The molecule has 11 rings (SSSR count). The van der Waals surface area contributed by atoms with Gasteiger partial charge >= 0.3 is 0 Å². The molecule has 0 unspecified atom stereocenters. The minimum Gasteiger partial charge on any atom is -0.310 e. The first-order valence-corrected chi connectivity index (χ1v) is 20.6. The third kappa shape index (κ3) is 5.44. The number of para-hydroxylation sites is 1. The summed E-state index contributed by atoms with van der Waals surface area (Å²) in [5, 5.41) is 5.13. The smallest absolute Gasteiger partial charge is 0.0540 e. The zero-order valence-corrected chi connectivity index (χ0v) is 32.7. The van der Waals surface area contributed by atoms with Crippen LogP contribution in [0.4, 0.5) is 17.1 Å². The Bertz CT molecular complexity index is 3140. The predicted octanol–water partition coefficient (Wildman–Crippen LogP) is 16.0. The van der Waals surface area contributed by atoms with Crippen molar-refractivity contribution in [1.82, 2.24) is 0 Å². The first-order chi connectivity index (χ1) is 28.0. The average molecular weight is 746 g/mol. The number of benzene rings is 9. The van der Waals surface area contributed by atoms with Gasteiger partial charge in [0.05, 0.1) is 5.69 Å². The van der Waals surface area contributed by atoms with Crippen LogP contribution in [0.1, 0.15) is 25.0 Å². The quantitative estimate of drug-likeness (QED) is 0.164. The molecule has 1 aliphatic rings. The fraction of sp³-hybridized carbons (Fsp3) is 0.0545. The number of hydrogen-bond donors (Lipinski definition) is 0. The van der Waals surface area contributed by atoms with Crippen molar-refractivity contribution in [2.24, 2.45) is 0 Å². The van der Waals surface area contributed by atoms with Gasteiger partial charge in [-0.3, -0.25) is 0 Å². The number of fused-ring (bicyclic) bond motifs is 7. The Balaban J connectivity index is 1.03. The summed E-state index contributed by atoms with van der Waals surface area (Å²) >= 11 is 1.88. The molecule has 0 atom stereocenters. The van der Waals surface area contributed by atoms with Crippen LogP contribution in [0.3, 0.4) is 0 Å². The van der Waals surface area contributed by atoms with Crippen molar-refractivity contribution in [1.29, 1.82) is 0 Å². The summed E-state index contributed by atoms with van der Waals surface area (Å²) < 4.78 is 2.66. The Morgan fingerprint density at radius 2 is 0.947 bits per heavy atom. The first-order valence-electron chi connectivity index (χ1n) is 19.8. The summed E-state index contributed by atoms with van der Waals surface area (Å²) in [6, 6.07) is 73.8. The maximum absolute atomic E-state index is 2.42. The molecule has 0 spiro atoms. The first kappa shape index (κ1) is 33.6. The highest BCUT2D eigenvalue weighted by Crippen LogP contribution is 2.50. The molecule has 1 aromatic heterocycles. The van der Waals surface area contributed by atoms with Crippen LogP contribution >= 0.6 is 11.3 Å². The molecule has 0 saturated heterocycles. The van der Waals surface area contributed by atoms with Crippen LogP contribution in [0.25, 0.3) is 75.5 Å². The average Bonchev–Trinajstić information content (AvgIpc) is 3.76. The van der Waals surface area contributed by atoms with E-state index in [0.29, 0.717) is 0 Å². The second-order valence-corrected chi connectivity index (χ2v) is 16.7. The molecule has 1 nitrogen and oxygen atoms in total. The normalized spacial score (nSPS) is 12.9. The van der Waals surface area contributed by atoms with Gasteiger partial charge < -0.3 is 4.90 Å². The van der Waals surface area contributed by atoms with Gasteiger partial charge in [0.2, 0.25) is 0 Å². The number of hydrogen-bond acceptors (Lipinski definition) is 2. The molecule has 1 heterocycles. The molecule has 10 aromatic rings. The molecule has 0 saturated carbocycles. The zero-order valence-electron chi connectivity index (χ0n) is 31.9. The minimum atomic E-state index is -0.0430. The molecule has 270 valence electrons. The fourth-order valence-corrected chi connectivity index (χ4v) is 10.5. The molecule has 57 heavy (non-hydrogen) atoms. The van der Waals surface area contributed by atoms with Gasteiger partial charge in [-0.15, -0.1) is 11.3 Å². The Kier molecular flexibility index (Phi) is 7.77. The van der Waals surface area contributed by atoms with E-state index in [-0.39, 0.29) is 5.41 Å². The second kappa shape index (κ2) is 13.2. The maximum atomic E-state index is 2.42. The van der Waals surface area contributed by atoms with E-state index in [1.54, 1.807) is 0 Å². The van der Waals surface area contributed by atoms with Crippen molar-refractivity contribution >= 4 is 59.3 Å². The lowest BCUT2D eigenvalue weighted by molar-refractivity contribution is 0.660. The van der Waals surface area contributed by atoms with E-state index >= 15 is 0 Å². The Morgan fingerprint density at radius 1 is 0.386 bits per heavy atom. The second-order valence-electron chi connectivity index (χ2n) is 15.7. The molecule has 0 fully saturated rings. The van der Waals surface area contributed by atoms with Gasteiger partial charge in [0.1, 0.15) is 0 Å². The number of thiophene rings is 1. The SMILES string of the molecule is CC1(C)c2ccccc2-c2ccc(-c3ccc(N(c4ccc(-c5cccc6c5sc5ccccc56)cc4)c4ccccc4-c4cccc5ccccc45)cc3)cc21. The lowest BCUT2D eigenvalue weighted by Crippen LogP contribution is -2.14. The van der Waals surface area contributed by atoms with Crippen LogP contribution in [0.15, 0.2) is 200 Å². The molecule has 0 aliphatic heterocycles. The molecule has 9 aromatic carbocycles. The molecule has 0 amide bonds. The topological polar surface area (TPSA) is 3.24 Å². The molecule has 0 radical (unpaired) electrons. The number of nitrogens with zero attached hydrogens (tertiary/aromatic N) is 1. The van der Waals surface area contributed by atoms with Crippen molar-refractivity contribution in [2.75, 3.05) is 4.90 Å². The summed E-state index contributed by atoms with van der Waals surface area (Å²) in [6.45, 7) is 4.70. The Labute approximate surface area is 337 Å². The molecule has 0 N–H and O–H groups in total. The van der Waals surface area contributed by atoms with Gasteiger partial charge in [-0.2, -0.15) is 0 Å². The summed E-state index contributed by atoms with van der Waals surface area (Å²) in [4.78, 5) is 2.42. The molecular weight excluding hydrogens is 707 g/mol. The molecule has 1 aliphatic carbocycles. The molecule has 0 bridgehead atoms. The monoisotopic (exact) mass is 745 g/mol. The van der Waals surface area contributed by atoms with Crippen LogP contribution in [0.2, 0.25) is 0 Å². The Morgan fingerprint density at radius 3 is 1.77 bits per heavy atom. The van der Waals surface area contributed by atoms with E-state index in [9.17, 15) is 0 Å². The van der Waals surface area contributed by atoms with Gasteiger partial charge in [0.15, 0.2) is 0 Å². The maximum Gasteiger partial charge on any atom is 0.0540 e. The summed E-state index contributed by atoms with van der Waals surface area (Å²) in [5.74, 6) is 0. The van der Waals surface area contributed by atoms with Crippen LogP contribution in [-0.2, 0) is 5.41 Å². The van der Waals surface area contributed by atoms with Crippen LogP contribution in [-0.4, -0.2) is 0 Å². The molecular formula is C55H39NS. The van der Waals surface area contributed by atoms with Crippen molar-refractivity contribution in [2.45, 2.75) is 19.3 Å². The van der Waals surface area contributed by atoms with Crippen molar-refractivity contribution in [3.63, 3.8) is 0 Å². The van der Waals surface area contributed by atoms with Crippen LogP contribution in [0, 0.1) is 0 Å². The molecule has 2 heteroatoms. The van der Waals surface area contributed by atoms with E-state index in [4.69, 9.17) is 0 Å². The largest absolute Gasteiger partial charge is 0.310 e. The zero-order chi connectivity index (χ0) is 38.1. The van der Waals surface area contributed by atoms with Crippen molar-refractivity contribution in [3.05, 3.63) is 211 Å². The fourth-order valence-electron chi connectivity index (χ4n) is 9.24. The lowest BCUT2D eigenvalue weighted by Gasteiger charge is -2.28. The Hall–Kier alpha value is -6.74. The third-order valence-electron chi connectivity index (χ3n) is 12.1. The third-order valence-corrected chi connectivity index (χ3v) is 13.3. The van der Waals surface area contributed by atoms with E-state index in [2.05, 4.69) is 219 Å². The van der Waals surface area contributed by atoms with Gasteiger partial charge in [0, 0.05) is 42.5 Å². The van der Waals surface area contributed by atoms with Crippen molar-refractivity contribution < 1.29 is 0 Å². The van der Waals surface area contributed by atoms with Crippen molar-refractivity contribution in [3.8, 4) is 44.5 Å². The summed E-state index contributed by atoms with van der Waals surface area (Å²) in [7, 11) is 0. The van der Waals surface area contributed by atoms with E-state index in [1.807, 2.05) is 11.3 Å². The van der Waals surface area contributed by atoms with E-state index in [1.165, 1.54) is 86.6 Å². The highest BCUT2D eigenvalue weighted by Gasteiger charge is 2.35. The lowest BCUT2D eigenvalue weighted by atomic mass is 9.81. The van der Waals surface area contributed by atoms with E-state index in [0.717, 1.165) is 17.1 Å². The van der Waals surface area contributed by atoms with Crippen LogP contribution in [0.5, 0.6) is 0 Å². The standard InChI is InChI=1S/C55H39NS/c1-55(2)50-22-8-5-16-45(50)46-34-29-39(35-51(46)55)36-25-30-40(31-26-36)56(52-23-9-6-17-47(52)44-20-11-14-37-13-3-4-15-42(37)44)41-32-27-38(28-33-41)43-19-12-21-49-48-18-7-10-24-53(48)57-54(43)49/h3-35H,1-2H3. The van der Waals surface area contributed by atoms with Crippen LogP contribution < -0.4 is 4.90 Å². The minimum absolute atomic E-state index is 0.0430. The van der Waals surface area contributed by atoms with Gasteiger partial charge in [-0.05, 0) is 103 Å². The van der Waals surface area contributed by atoms with Gasteiger partial charge in [-0.1, -0.05) is 172 Å². The van der Waals surface area contributed by atoms with Gasteiger partial charge in [-0.25, -0.2) is 0 Å². The number of rotatable bonds is 6. The number of anilines is 3. The highest BCUT2D eigenvalue weighted by molar-refractivity contribution is 7.26. The predicted molar refractivity (Wildman–Crippen MR) is 245 cm³/mol. The summed E-state index contributed by atoms with van der Waals surface area (Å²) in [5.41, 5.74) is 16.2. The van der Waals surface area contributed by atoms with E-state index < -0.39 is 0 Å². The summed E-state index contributed by atoms with van der Waals surface area (Å²) in [6.07, 6.45) is 0. The van der Waals surface area contributed by atoms with Gasteiger partial charge in [0.25, 0.3) is 0 Å².